The normalized spacial score (nSPS) is 16.0. The van der Waals surface area contributed by atoms with Crippen molar-refractivity contribution in [1.82, 2.24) is 9.88 Å². The van der Waals surface area contributed by atoms with Gasteiger partial charge in [0.2, 0.25) is 0 Å². The van der Waals surface area contributed by atoms with Gasteiger partial charge in [0.25, 0.3) is 5.91 Å². The zero-order chi connectivity index (χ0) is 25.3. The van der Waals surface area contributed by atoms with E-state index in [0.717, 1.165) is 36.0 Å². The zero-order valence-corrected chi connectivity index (χ0v) is 22.5. The van der Waals surface area contributed by atoms with Crippen LogP contribution in [0, 0.1) is 0 Å². The second kappa shape index (κ2) is 10.1. The number of piperazine rings is 1. The summed E-state index contributed by atoms with van der Waals surface area (Å²) in [6.07, 6.45) is 0.731. The van der Waals surface area contributed by atoms with Crippen LogP contribution in [0.25, 0.3) is 0 Å². The molecule has 2 aromatic heterocycles. The van der Waals surface area contributed by atoms with Gasteiger partial charge in [0.1, 0.15) is 11.3 Å². The maximum atomic E-state index is 13.1. The molecule has 0 saturated carbocycles. The smallest absolute Gasteiger partial charge is 0.410 e. The van der Waals surface area contributed by atoms with Crippen LogP contribution in [-0.2, 0) is 17.7 Å². The monoisotopic (exact) mass is 525 g/mol. The number of rotatable bonds is 4. The molecule has 190 valence electrons. The minimum atomic E-state index is -0.512. The lowest BCUT2D eigenvalue weighted by molar-refractivity contribution is 0.0240. The van der Waals surface area contributed by atoms with E-state index in [2.05, 4.69) is 31.5 Å². The van der Waals surface area contributed by atoms with Crippen molar-refractivity contribution in [2.45, 2.75) is 39.3 Å². The van der Waals surface area contributed by atoms with E-state index in [9.17, 15) is 9.59 Å². The summed E-state index contributed by atoms with van der Waals surface area (Å²) in [5.74, 6) is -0.217. The Bertz CT molecular complexity index is 1240. The number of para-hydroxylation sites is 2. The second-order valence-electron chi connectivity index (χ2n) is 9.98. The molecule has 10 heteroatoms. The van der Waals surface area contributed by atoms with Gasteiger partial charge in [0.05, 0.1) is 11.4 Å². The van der Waals surface area contributed by atoms with Crippen molar-refractivity contribution in [3.63, 3.8) is 0 Å². The third-order valence-electron chi connectivity index (χ3n) is 6.23. The van der Waals surface area contributed by atoms with Gasteiger partial charge in [-0.25, -0.2) is 9.78 Å². The Morgan fingerprint density at radius 1 is 1.00 bits per heavy atom. The molecule has 8 nitrogen and oxygen atoms in total. The van der Waals surface area contributed by atoms with Crippen molar-refractivity contribution in [3.8, 4) is 0 Å². The van der Waals surface area contributed by atoms with Crippen molar-refractivity contribution in [2.75, 3.05) is 47.8 Å². The topological polar surface area (TPSA) is 78.0 Å². The van der Waals surface area contributed by atoms with Gasteiger partial charge in [-0.3, -0.25) is 4.79 Å². The van der Waals surface area contributed by atoms with Crippen LogP contribution in [-0.4, -0.2) is 60.2 Å². The van der Waals surface area contributed by atoms with Crippen LogP contribution in [0.15, 0.2) is 41.1 Å². The number of amides is 2. The lowest BCUT2D eigenvalue weighted by atomic mass is 10.1. The van der Waals surface area contributed by atoms with Crippen molar-refractivity contribution in [3.05, 3.63) is 57.2 Å². The Labute approximate surface area is 219 Å². The van der Waals surface area contributed by atoms with Crippen LogP contribution >= 0.6 is 22.7 Å². The molecule has 2 amide bonds. The standard InChI is InChI=1S/C26H31N5O3S2/c1-26(2,3)34-25(33)30-13-11-29(12-14-30)21-7-5-4-6-19(21)27-23(32)20-17-36-24(28-20)31-10-8-22-18(16-31)9-15-35-22/h4-7,9,15,17H,8,10-14,16H2,1-3H3,(H,27,32). The third-order valence-corrected chi connectivity index (χ3v) is 8.15. The Kier molecular flexibility index (Phi) is 6.90. The first-order valence-electron chi connectivity index (χ1n) is 12.2. The van der Waals surface area contributed by atoms with E-state index in [0.29, 0.717) is 31.9 Å². The van der Waals surface area contributed by atoms with Gasteiger partial charge in [0, 0.05) is 49.5 Å². The SMILES string of the molecule is CC(C)(C)OC(=O)N1CCN(c2ccccc2NC(=O)c2csc(N3CCc4sccc4C3)n2)CC1. The molecule has 1 fully saturated rings. The molecule has 0 unspecified atom stereocenters. The summed E-state index contributed by atoms with van der Waals surface area (Å²) in [6, 6.07) is 9.95. The highest BCUT2D eigenvalue weighted by molar-refractivity contribution is 7.14. The molecule has 2 aliphatic rings. The van der Waals surface area contributed by atoms with Crippen LogP contribution in [0.1, 0.15) is 41.7 Å². The van der Waals surface area contributed by atoms with Crippen LogP contribution in [0.5, 0.6) is 0 Å². The van der Waals surface area contributed by atoms with Gasteiger partial charge in [-0.1, -0.05) is 12.1 Å². The molecule has 1 aromatic carbocycles. The first kappa shape index (κ1) is 24.6. The predicted octanol–water partition coefficient (Wildman–Crippen LogP) is 5.08. The molecule has 0 atom stereocenters. The van der Waals surface area contributed by atoms with E-state index < -0.39 is 5.60 Å². The fourth-order valence-corrected chi connectivity index (χ4v) is 6.15. The molecule has 0 radical (unpaired) electrons. The van der Waals surface area contributed by atoms with E-state index in [4.69, 9.17) is 4.74 Å². The molecule has 0 spiro atoms. The number of ether oxygens (including phenoxy) is 1. The lowest BCUT2D eigenvalue weighted by Crippen LogP contribution is -2.50. The van der Waals surface area contributed by atoms with Gasteiger partial charge < -0.3 is 24.8 Å². The van der Waals surface area contributed by atoms with Crippen LogP contribution in [0.4, 0.5) is 21.3 Å². The van der Waals surface area contributed by atoms with E-state index >= 15 is 0 Å². The molecule has 1 N–H and O–H groups in total. The third kappa shape index (κ3) is 5.49. The summed E-state index contributed by atoms with van der Waals surface area (Å²) in [5.41, 5.74) is 2.94. The molecule has 0 bridgehead atoms. The molecule has 36 heavy (non-hydrogen) atoms. The Hall–Kier alpha value is -3.11. The number of hydrogen-bond acceptors (Lipinski definition) is 8. The van der Waals surface area contributed by atoms with Gasteiger partial charge in [-0.05, 0) is 56.3 Å². The quantitative estimate of drug-likeness (QED) is 0.512. The highest BCUT2D eigenvalue weighted by Crippen LogP contribution is 2.31. The number of thiophene rings is 1. The number of nitrogens with zero attached hydrogens (tertiary/aromatic N) is 4. The minimum Gasteiger partial charge on any atom is -0.444 e. The molecular weight excluding hydrogens is 494 g/mol. The summed E-state index contributed by atoms with van der Waals surface area (Å²) < 4.78 is 5.51. The highest BCUT2D eigenvalue weighted by atomic mass is 32.1. The molecule has 2 aliphatic heterocycles. The van der Waals surface area contributed by atoms with Crippen molar-refractivity contribution < 1.29 is 14.3 Å². The first-order valence-corrected chi connectivity index (χ1v) is 13.9. The number of thiazole rings is 1. The van der Waals surface area contributed by atoms with Crippen LogP contribution < -0.4 is 15.1 Å². The van der Waals surface area contributed by atoms with Crippen molar-refractivity contribution in [2.24, 2.45) is 0 Å². The minimum absolute atomic E-state index is 0.217. The van der Waals surface area contributed by atoms with Crippen LogP contribution in [0.3, 0.4) is 0 Å². The number of fused-ring (bicyclic) bond motifs is 1. The second-order valence-corrected chi connectivity index (χ2v) is 11.8. The molecule has 3 aromatic rings. The average Bonchev–Trinajstić information content (AvgIpc) is 3.53. The summed E-state index contributed by atoms with van der Waals surface area (Å²) in [5, 5.41) is 7.91. The number of anilines is 3. The van der Waals surface area contributed by atoms with Crippen LogP contribution in [0.2, 0.25) is 0 Å². The summed E-state index contributed by atoms with van der Waals surface area (Å²) in [4.78, 5) is 37.8. The van der Waals surface area contributed by atoms with Crippen molar-refractivity contribution in [1.29, 1.82) is 0 Å². The van der Waals surface area contributed by atoms with Gasteiger partial charge in [-0.2, -0.15) is 0 Å². The molecule has 5 rings (SSSR count). The maximum Gasteiger partial charge on any atom is 0.410 e. The average molecular weight is 526 g/mol. The fourth-order valence-electron chi connectivity index (χ4n) is 4.42. The van der Waals surface area contributed by atoms with Gasteiger partial charge >= 0.3 is 6.09 Å². The van der Waals surface area contributed by atoms with E-state index in [1.165, 1.54) is 21.8 Å². The Morgan fingerprint density at radius 3 is 2.56 bits per heavy atom. The first-order chi connectivity index (χ1) is 17.3. The molecule has 4 heterocycles. The Morgan fingerprint density at radius 2 is 1.78 bits per heavy atom. The fraction of sp³-hybridized carbons (Fsp3) is 0.423. The number of aromatic nitrogens is 1. The maximum absolute atomic E-state index is 13.1. The molecule has 1 saturated heterocycles. The summed E-state index contributed by atoms with van der Waals surface area (Å²) in [7, 11) is 0. The molecule has 0 aliphatic carbocycles. The number of carbonyl (C=O) groups is 2. The predicted molar refractivity (Wildman–Crippen MR) is 146 cm³/mol. The van der Waals surface area contributed by atoms with E-state index in [1.54, 1.807) is 4.90 Å². The largest absolute Gasteiger partial charge is 0.444 e. The number of benzene rings is 1. The highest BCUT2D eigenvalue weighted by Gasteiger charge is 2.27. The molecular formula is C26H31N5O3S2. The summed E-state index contributed by atoms with van der Waals surface area (Å²) in [6.45, 7) is 9.82. The summed E-state index contributed by atoms with van der Waals surface area (Å²) >= 11 is 3.32. The van der Waals surface area contributed by atoms with E-state index in [1.807, 2.05) is 61.8 Å². The zero-order valence-electron chi connectivity index (χ0n) is 20.8. The number of carbonyl (C=O) groups excluding carboxylic acids is 2. The van der Waals surface area contributed by atoms with Crippen molar-refractivity contribution >= 4 is 51.2 Å². The Balaban J connectivity index is 1.22. The van der Waals surface area contributed by atoms with Gasteiger partial charge in [0.15, 0.2) is 5.13 Å². The van der Waals surface area contributed by atoms with E-state index in [-0.39, 0.29) is 12.0 Å². The number of nitrogens with one attached hydrogen (secondary N) is 1. The van der Waals surface area contributed by atoms with Gasteiger partial charge in [-0.15, -0.1) is 22.7 Å². The lowest BCUT2D eigenvalue weighted by Gasteiger charge is -2.37. The number of hydrogen-bond donors (Lipinski definition) is 1.